The topological polar surface area (TPSA) is 48.0 Å². The molecule has 0 heterocycles. The van der Waals surface area contributed by atoms with Gasteiger partial charge in [-0.2, -0.15) is 0 Å². The minimum Gasteiger partial charge on any atom is -0.281 e. The Balaban J connectivity index is 5.16. The third kappa shape index (κ3) is 10.1. The second kappa shape index (κ2) is 8.49. The maximum absolute atomic E-state index is 12.9. The third-order valence-corrected chi connectivity index (χ3v) is 4.56. The van der Waals surface area contributed by atoms with E-state index >= 15 is 0 Å². The van der Waals surface area contributed by atoms with Gasteiger partial charge in [-0.25, -0.2) is 4.57 Å². The number of alkyl halides is 2. The highest BCUT2D eigenvalue weighted by Crippen LogP contribution is 2.56. The Morgan fingerprint density at radius 3 is 1.76 bits per heavy atom. The zero-order valence-electron chi connectivity index (χ0n) is 14.0. The minimum absolute atomic E-state index is 0.123. The minimum atomic E-state index is -3.78. The summed E-state index contributed by atoms with van der Waals surface area (Å²) >= 11 is 11.6. The molecule has 0 fully saturated rings. The van der Waals surface area contributed by atoms with Gasteiger partial charge in [0.1, 0.15) is 6.23 Å². The van der Waals surface area contributed by atoms with Crippen molar-refractivity contribution in [1.29, 1.82) is 0 Å². The first-order valence-electron chi connectivity index (χ1n) is 6.84. The molecular weight excluding hydrogens is 336 g/mol. The Kier molecular flexibility index (Phi) is 8.75. The van der Waals surface area contributed by atoms with Crippen LogP contribution < -0.4 is 0 Å². The van der Waals surface area contributed by atoms with Gasteiger partial charge in [0, 0.05) is 12.4 Å². The van der Waals surface area contributed by atoms with Crippen LogP contribution in [0.1, 0.15) is 41.5 Å². The van der Waals surface area contributed by atoms with Gasteiger partial charge < -0.3 is 0 Å². The van der Waals surface area contributed by atoms with E-state index in [1.165, 1.54) is 0 Å². The van der Waals surface area contributed by atoms with E-state index in [1.54, 1.807) is 53.5 Å². The van der Waals surface area contributed by atoms with E-state index < -0.39 is 25.3 Å². The van der Waals surface area contributed by atoms with Crippen molar-refractivity contribution >= 4 is 31.0 Å². The van der Waals surface area contributed by atoms with E-state index in [2.05, 4.69) is 0 Å². The predicted molar refractivity (Wildman–Crippen MR) is 88.2 cm³/mol. The van der Waals surface area contributed by atoms with Gasteiger partial charge in [-0.3, -0.25) is 18.5 Å². The van der Waals surface area contributed by atoms with Crippen LogP contribution in [0, 0.1) is 0 Å². The molecule has 0 aromatic carbocycles. The molecular formula is C13H28Cl2NO4P. The van der Waals surface area contributed by atoms with Crippen LogP contribution in [0.15, 0.2) is 0 Å². The molecule has 0 rings (SSSR count). The van der Waals surface area contributed by atoms with Crippen LogP contribution >= 0.6 is 31.0 Å². The van der Waals surface area contributed by atoms with Crippen molar-refractivity contribution in [3.8, 4) is 0 Å². The average molecular weight is 364 g/mol. The lowest BCUT2D eigenvalue weighted by Gasteiger charge is -2.34. The molecule has 0 bridgehead atoms. The summed E-state index contributed by atoms with van der Waals surface area (Å²) in [6, 6.07) is 0. The summed E-state index contributed by atoms with van der Waals surface area (Å²) in [5, 5.41) is 0. The molecule has 1 atom stereocenters. The molecule has 0 radical (unpaired) electrons. The van der Waals surface area contributed by atoms with Gasteiger partial charge >= 0.3 is 7.82 Å². The highest BCUT2D eigenvalue weighted by molar-refractivity contribution is 7.48. The van der Waals surface area contributed by atoms with E-state index in [1.807, 2.05) is 0 Å². The number of phosphoric acid groups is 1. The summed E-state index contributed by atoms with van der Waals surface area (Å²) in [7, 11) is -2.00. The Morgan fingerprint density at radius 2 is 1.48 bits per heavy atom. The normalized spacial score (nSPS) is 15.5. The van der Waals surface area contributed by atoms with Crippen molar-refractivity contribution in [3.05, 3.63) is 0 Å². The molecule has 21 heavy (non-hydrogen) atoms. The van der Waals surface area contributed by atoms with Crippen LogP contribution in [0.4, 0.5) is 0 Å². The van der Waals surface area contributed by atoms with Crippen LogP contribution in [-0.4, -0.2) is 47.7 Å². The van der Waals surface area contributed by atoms with Crippen molar-refractivity contribution in [2.45, 2.75) is 59.0 Å². The Morgan fingerprint density at radius 1 is 1.05 bits per heavy atom. The van der Waals surface area contributed by atoms with Gasteiger partial charge in [0.2, 0.25) is 0 Å². The summed E-state index contributed by atoms with van der Waals surface area (Å²) in [4.78, 5) is 1.77. The smallest absolute Gasteiger partial charge is 0.281 e. The molecule has 0 aliphatic rings. The van der Waals surface area contributed by atoms with E-state index in [0.717, 1.165) is 0 Å². The van der Waals surface area contributed by atoms with Gasteiger partial charge in [0.05, 0.1) is 17.1 Å². The molecule has 128 valence electrons. The second-order valence-corrected chi connectivity index (χ2v) is 8.90. The molecule has 0 spiro atoms. The fourth-order valence-electron chi connectivity index (χ4n) is 1.39. The lowest BCUT2D eigenvalue weighted by atomic mass is 10.2. The number of halogens is 2. The molecule has 0 saturated heterocycles. The fraction of sp³-hybridized carbons (Fsp3) is 1.00. The predicted octanol–water partition coefficient (Wildman–Crippen LogP) is 4.48. The fourth-order valence-corrected chi connectivity index (χ4v) is 4.04. The van der Waals surface area contributed by atoms with Gasteiger partial charge in [0.15, 0.2) is 0 Å². The molecule has 8 heteroatoms. The molecule has 0 saturated carbocycles. The van der Waals surface area contributed by atoms with E-state index in [4.69, 9.17) is 36.8 Å². The number of phosphoric ester groups is 1. The molecule has 0 aliphatic heterocycles. The summed E-state index contributed by atoms with van der Waals surface area (Å²) < 4.78 is 29.6. The van der Waals surface area contributed by atoms with Crippen molar-refractivity contribution in [1.82, 2.24) is 4.90 Å². The number of hydrogen-bond acceptors (Lipinski definition) is 5. The lowest BCUT2D eigenvalue weighted by Crippen LogP contribution is -2.38. The first kappa shape index (κ1) is 21.6. The highest BCUT2D eigenvalue weighted by atomic mass is 35.5. The zero-order valence-corrected chi connectivity index (χ0v) is 16.4. The first-order valence-corrected chi connectivity index (χ1v) is 9.37. The quantitative estimate of drug-likeness (QED) is 0.361. The summed E-state index contributed by atoms with van der Waals surface area (Å²) in [6.07, 6.45) is -0.610. The third-order valence-electron chi connectivity index (χ3n) is 2.08. The van der Waals surface area contributed by atoms with Crippen LogP contribution in [-0.2, 0) is 18.1 Å². The highest BCUT2D eigenvalue weighted by Gasteiger charge is 2.40. The number of hydrogen-bond donors (Lipinski definition) is 0. The molecule has 1 unspecified atom stereocenters. The monoisotopic (exact) mass is 363 g/mol. The Hall–Kier alpha value is 0.650. The lowest BCUT2D eigenvalue weighted by molar-refractivity contribution is -0.0363. The van der Waals surface area contributed by atoms with Crippen LogP contribution in [0.25, 0.3) is 0 Å². The van der Waals surface area contributed by atoms with Crippen molar-refractivity contribution in [3.63, 3.8) is 0 Å². The van der Waals surface area contributed by atoms with Gasteiger partial charge in [-0.15, -0.1) is 23.2 Å². The molecule has 5 nitrogen and oxygen atoms in total. The van der Waals surface area contributed by atoms with Crippen molar-refractivity contribution in [2.24, 2.45) is 0 Å². The van der Waals surface area contributed by atoms with E-state index in [-0.39, 0.29) is 5.88 Å². The van der Waals surface area contributed by atoms with Gasteiger partial charge in [-0.1, -0.05) is 0 Å². The largest absolute Gasteiger partial charge is 0.477 e. The van der Waals surface area contributed by atoms with Crippen molar-refractivity contribution in [2.75, 3.05) is 25.4 Å². The molecule has 0 N–H and O–H groups in total. The van der Waals surface area contributed by atoms with Crippen LogP contribution in [0.3, 0.4) is 0 Å². The Labute approximate surface area is 138 Å². The first-order chi connectivity index (χ1) is 9.32. The standard InChI is InChI=1S/C13H28Cl2NO4P/c1-12(2,3)19-21(17,20-13(4,5)6)18-11(10-15)16(7)9-8-14/h11H,8-10H2,1-7H3. The summed E-state index contributed by atoms with van der Waals surface area (Å²) in [6.45, 7) is 11.3. The second-order valence-electron chi connectivity index (χ2n) is 6.74. The SMILES string of the molecule is CN(CCCl)C(CCl)OP(=O)(OC(C)(C)C)OC(C)(C)C. The van der Waals surface area contributed by atoms with Crippen LogP contribution in [0.2, 0.25) is 0 Å². The Bertz CT molecular complexity index is 335. The van der Waals surface area contributed by atoms with E-state index in [9.17, 15) is 4.57 Å². The van der Waals surface area contributed by atoms with Gasteiger partial charge in [-0.05, 0) is 48.6 Å². The van der Waals surface area contributed by atoms with Gasteiger partial charge in [0.25, 0.3) is 0 Å². The van der Waals surface area contributed by atoms with Crippen LogP contribution in [0.5, 0.6) is 0 Å². The zero-order chi connectivity index (χ0) is 16.9. The maximum Gasteiger partial charge on any atom is 0.477 e. The number of rotatable bonds is 8. The molecule has 0 aromatic heterocycles. The average Bonchev–Trinajstić information content (AvgIpc) is 2.20. The number of nitrogens with zero attached hydrogens (tertiary/aromatic N) is 1. The molecule has 0 aliphatic carbocycles. The van der Waals surface area contributed by atoms with E-state index in [0.29, 0.717) is 12.4 Å². The van der Waals surface area contributed by atoms with Crippen molar-refractivity contribution < 1.29 is 18.1 Å². The summed E-state index contributed by atoms with van der Waals surface area (Å²) in [5.74, 6) is 0.538. The maximum atomic E-state index is 12.9. The molecule has 0 aromatic rings. The summed E-state index contributed by atoms with van der Waals surface area (Å²) in [5.41, 5.74) is -1.36. The molecule has 0 amide bonds.